The van der Waals surface area contributed by atoms with E-state index in [1.807, 2.05) is 36.6 Å². The molecule has 1 N–H and O–H groups in total. The largest absolute Gasteiger partial charge is 0.305 e. The summed E-state index contributed by atoms with van der Waals surface area (Å²) in [6, 6.07) is 11.2. The van der Waals surface area contributed by atoms with E-state index in [0.29, 0.717) is 16.4 Å². The second-order valence-electron chi connectivity index (χ2n) is 4.62. The molecule has 0 saturated carbocycles. The highest BCUT2D eigenvalue weighted by molar-refractivity contribution is 7.98. The molecule has 0 aliphatic rings. The van der Waals surface area contributed by atoms with Gasteiger partial charge in [0.2, 0.25) is 0 Å². The fourth-order valence-corrected chi connectivity index (χ4v) is 2.79. The summed E-state index contributed by atoms with van der Waals surface area (Å²) in [5, 5.41) is 7.56. The summed E-state index contributed by atoms with van der Waals surface area (Å²) >= 11 is 7.55. The third kappa shape index (κ3) is 3.23. The Bertz CT molecular complexity index is 835. The molecule has 0 aliphatic heterocycles. The number of amides is 1. The minimum absolute atomic E-state index is 0.301. The van der Waals surface area contributed by atoms with Crippen LogP contribution < -0.4 is 5.32 Å². The molecule has 0 bridgehead atoms. The normalized spacial score (nSPS) is 10.5. The van der Waals surface area contributed by atoms with E-state index in [-0.39, 0.29) is 5.91 Å². The average molecular weight is 345 g/mol. The maximum Gasteiger partial charge on any atom is 0.258 e. The number of carbonyl (C=O) groups is 1. The van der Waals surface area contributed by atoms with Gasteiger partial charge >= 0.3 is 0 Å². The smallest absolute Gasteiger partial charge is 0.258 e. The molecule has 2 heterocycles. The van der Waals surface area contributed by atoms with E-state index in [2.05, 4.69) is 15.4 Å². The number of nitrogens with one attached hydrogen (secondary N) is 1. The number of pyridine rings is 1. The molecular formula is C16H13ClN4OS. The number of para-hydroxylation sites is 1. The third-order valence-electron chi connectivity index (χ3n) is 3.21. The maximum absolute atomic E-state index is 12.5. The number of hydrogen-bond acceptors (Lipinski definition) is 4. The number of carbonyl (C=O) groups excluding carboxylic acids is 1. The molecule has 1 amide bonds. The van der Waals surface area contributed by atoms with Crippen LogP contribution >= 0.6 is 23.4 Å². The Morgan fingerprint density at radius 1 is 1.22 bits per heavy atom. The van der Waals surface area contributed by atoms with Gasteiger partial charge in [0.1, 0.15) is 5.82 Å². The van der Waals surface area contributed by atoms with Crippen molar-refractivity contribution in [3.05, 3.63) is 65.6 Å². The summed E-state index contributed by atoms with van der Waals surface area (Å²) in [6.45, 7) is 0. The number of nitrogens with zero attached hydrogens (tertiary/aromatic N) is 3. The molecule has 5 nitrogen and oxygen atoms in total. The minimum atomic E-state index is -0.301. The van der Waals surface area contributed by atoms with E-state index in [0.717, 1.165) is 10.6 Å². The molecule has 2 aromatic heterocycles. The van der Waals surface area contributed by atoms with Gasteiger partial charge in [-0.2, -0.15) is 5.10 Å². The molecule has 3 rings (SSSR count). The SMILES string of the molecule is CSc1cnn(-c2ccccc2)c1NC(=O)c1ccncc1Cl. The van der Waals surface area contributed by atoms with Crippen LogP contribution in [-0.2, 0) is 0 Å². The van der Waals surface area contributed by atoms with Gasteiger partial charge in [0.25, 0.3) is 5.91 Å². The summed E-state index contributed by atoms with van der Waals surface area (Å²) in [7, 11) is 0. The number of thioether (sulfide) groups is 1. The number of aromatic nitrogens is 3. The van der Waals surface area contributed by atoms with Gasteiger partial charge in [0, 0.05) is 12.4 Å². The second-order valence-corrected chi connectivity index (χ2v) is 5.87. The molecule has 0 radical (unpaired) electrons. The van der Waals surface area contributed by atoms with Gasteiger partial charge in [-0.05, 0) is 24.5 Å². The van der Waals surface area contributed by atoms with Crippen molar-refractivity contribution in [2.24, 2.45) is 0 Å². The minimum Gasteiger partial charge on any atom is -0.305 e. The first-order valence-electron chi connectivity index (χ1n) is 6.79. The highest BCUT2D eigenvalue weighted by Gasteiger charge is 2.17. The zero-order chi connectivity index (χ0) is 16.2. The van der Waals surface area contributed by atoms with E-state index >= 15 is 0 Å². The number of anilines is 1. The van der Waals surface area contributed by atoms with Crippen molar-refractivity contribution in [2.75, 3.05) is 11.6 Å². The van der Waals surface area contributed by atoms with Crippen molar-refractivity contribution in [2.45, 2.75) is 4.90 Å². The van der Waals surface area contributed by atoms with Gasteiger partial charge < -0.3 is 5.32 Å². The number of halogens is 1. The Morgan fingerprint density at radius 3 is 2.70 bits per heavy atom. The first kappa shape index (κ1) is 15.6. The van der Waals surface area contributed by atoms with Gasteiger partial charge in [0.05, 0.1) is 27.4 Å². The van der Waals surface area contributed by atoms with E-state index in [1.165, 1.54) is 24.2 Å². The Morgan fingerprint density at radius 2 is 2.00 bits per heavy atom. The van der Waals surface area contributed by atoms with E-state index in [9.17, 15) is 4.79 Å². The first-order chi connectivity index (χ1) is 11.2. The first-order valence-corrected chi connectivity index (χ1v) is 8.39. The molecule has 0 atom stereocenters. The molecule has 3 aromatic rings. The van der Waals surface area contributed by atoms with Gasteiger partial charge in [0.15, 0.2) is 0 Å². The third-order valence-corrected chi connectivity index (χ3v) is 4.25. The molecule has 0 unspecified atom stereocenters. The van der Waals surface area contributed by atoms with Gasteiger partial charge in [-0.1, -0.05) is 29.8 Å². The Hall–Kier alpha value is -2.31. The van der Waals surface area contributed by atoms with E-state index in [4.69, 9.17) is 11.6 Å². The van der Waals surface area contributed by atoms with Crippen LogP contribution in [0.15, 0.2) is 59.9 Å². The molecule has 23 heavy (non-hydrogen) atoms. The maximum atomic E-state index is 12.5. The van der Waals surface area contributed by atoms with Crippen LogP contribution in [0.3, 0.4) is 0 Å². The quantitative estimate of drug-likeness (QED) is 0.729. The Balaban J connectivity index is 1.98. The molecular weight excluding hydrogens is 332 g/mol. The van der Waals surface area contributed by atoms with E-state index in [1.54, 1.807) is 16.9 Å². The molecule has 7 heteroatoms. The van der Waals surface area contributed by atoms with Crippen molar-refractivity contribution in [1.82, 2.24) is 14.8 Å². The molecule has 0 fully saturated rings. The fourth-order valence-electron chi connectivity index (χ4n) is 2.10. The van der Waals surface area contributed by atoms with Crippen molar-refractivity contribution in [1.29, 1.82) is 0 Å². The highest BCUT2D eigenvalue weighted by atomic mass is 35.5. The lowest BCUT2D eigenvalue weighted by Crippen LogP contribution is -2.16. The zero-order valence-electron chi connectivity index (χ0n) is 12.2. The second kappa shape index (κ2) is 6.85. The average Bonchev–Trinajstić information content (AvgIpc) is 2.98. The van der Waals surface area contributed by atoms with Crippen molar-refractivity contribution in [3.8, 4) is 5.69 Å². The van der Waals surface area contributed by atoms with Crippen molar-refractivity contribution >= 4 is 35.1 Å². The van der Waals surface area contributed by atoms with Crippen LogP contribution in [0.4, 0.5) is 5.82 Å². The lowest BCUT2D eigenvalue weighted by atomic mass is 10.2. The fraction of sp³-hybridized carbons (Fsp3) is 0.0625. The summed E-state index contributed by atoms with van der Waals surface area (Å²) < 4.78 is 1.69. The molecule has 116 valence electrons. The summed E-state index contributed by atoms with van der Waals surface area (Å²) in [5.74, 6) is 0.312. The van der Waals surface area contributed by atoms with Gasteiger partial charge in [-0.3, -0.25) is 9.78 Å². The summed E-state index contributed by atoms with van der Waals surface area (Å²) in [4.78, 5) is 17.3. The van der Waals surface area contributed by atoms with Crippen LogP contribution in [0.2, 0.25) is 5.02 Å². The standard InChI is InChI=1S/C16H13ClN4OS/c1-23-14-10-19-21(11-5-3-2-4-6-11)15(14)20-16(22)12-7-8-18-9-13(12)17/h2-10H,1H3,(H,20,22). The molecule has 1 aromatic carbocycles. The van der Waals surface area contributed by atoms with Crippen LogP contribution in [0, 0.1) is 0 Å². The number of benzene rings is 1. The van der Waals surface area contributed by atoms with Crippen LogP contribution in [-0.4, -0.2) is 26.9 Å². The van der Waals surface area contributed by atoms with Gasteiger partial charge in [-0.25, -0.2) is 4.68 Å². The van der Waals surface area contributed by atoms with Crippen LogP contribution in [0.1, 0.15) is 10.4 Å². The number of rotatable bonds is 4. The van der Waals surface area contributed by atoms with Crippen LogP contribution in [0.25, 0.3) is 5.69 Å². The summed E-state index contributed by atoms with van der Waals surface area (Å²) in [6.07, 6.45) is 6.63. The molecule has 0 aliphatic carbocycles. The van der Waals surface area contributed by atoms with Crippen LogP contribution in [0.5, 0.6) is 0 Å². The molecule has 0 spiro atoms. The van der Waals surface area contributed by atoms with Crippen molar-refractivity contribution in [3.63, 3.8) is 0 Å². The predicted octanol–water partition coefficient (Wildman–Crippen LogP) is 3.89. The van der Waals surface area contributed by atoms with Gasteiger partial charge in [-0.15, -0.1) is 11.8 Å². The zero-order valence-corrected chi connectivity index (χ0v) is 13.8. The predicted molar refractivity (Wildman–Crippen MR) is 92.5 cm³/mol. The monoisotopic (exact) mass is 344 g/mol. The molecule has 0 saturated heterocycles. The lowest BCUT2D eigenvalue weighted by Gasteiger charge is -2.11. The lowest BCUT2D eigenvalue weighted by molar-refractivity contribution is 0.102. The Labute approximate surface area is 142 Å². The van der Waals surface area contributed by atoms with E-state index < -0.39 is 0 Å². The highest BCUT2D eigenvalue weighted by Crippen LogP contribution is 2.28. The van der Waals surface area contributed by atoms with Crippen molar-refractivity contribution < 1.29 is 4.79 Å². The number of hydrogen-bond donors (Lipinski definition) is 1. The Kier molecular flexibility index (Phi) is 4.64. The topological polar surface area (TPSA) is 59.8 Å². The summed E-state index contributed by atoms with van der Waals surface area (Å²) in [5.41, 5.74) is 1.23.